The van der Waals surface area contributed by atoms with Gasteiger partial charge in [0.25, 0.3) is 0 Å². The topological polar surface area (TPSA) is 76.7 Å². The molecule has 1 aromatic rings. The maximum Gasteiger partial charge on any atom is 0.338 e. The summed E-state index contributed by atoms with van der Waals surface area (Å²) in [6.45, 7) is 7.58. The predicted octanol–water partition coefficient (Wildman–Crippen LogP) is 3.43. The summed E-state index contributed by atoms with van der Waals surface area (Å²) in [5.74, 6) is 0.249. The molecule has 0 spiro atoms. The van der Waals surface area contributed by atoms with Gasteiger partial charge in [-0.2, -0.15) is 0 Å². The number of carbonyl (C=O) groups excluding carboxylic acids is 2. The Balaban J connectivity index is 2.40. The first kappa shape index (κ1) is 18.3. The molecule has 0 saturated heterocycles. The van der Waals surface area contributed by atoms with Crippen molar-refractivity contribution in [1.82, 2.24) is 10.6 Å². The molecule has 0 aliphatic carbocycles. The molecule has 2 rings (SSSR count). The molecule has 1 heterocycles. The van der Waals surface area contributed by atoms with E-state index in [0.717, 1.165) is 10.0 Å². The van der Waals surface area contributed by atoms with Gasteiger partial charge in [-0.25, -0.2) is 9.59 Å². The van der Waals surface area contributed by atoms with E-state index in [1.165, 1.54) is 0 Å². The van der Waals surface area contributed by atoms with E-state index >= 15 is 0 Å². The number of rotatable bonds is 5. The molecular formula is C17H21BrN2O4. The van der Waals surface area contributed by atoms with E-state index in [4.69, 9.17) is 9.47 Å². The van der Waals surface area contributed by atoms with Crippen LogP contribution in [0.3, 0.4) is 0 Å². The summed E-state index contributed by atoms with van der Waals surface area (Å²) in [6.07, 6.45) is 0.0444. The second-order valence-electron chi connectivity index (χ2n) is 5.65. The third-order valence-electron chi connectivity index (χ3n) is 3.42. The highest BCUT2D eigenvalue weighted by atomic mass is 79.9. The molecule has 1 unspecified atom stereocenters. The number of amides is 2. The maximum absolute atomic E-state index is 12.3. The zero-order chi connectivity index (χ0) is 17.9. The number of carbonyl (C=O) groups is 2. The second-order valence-corrected chi connectivity index (χ2v) is 6.50. The number of hydrogen-bond acceptors (Lipinski definition) is 4. The van der Waals surface area contributed by atoms with E-state index in [0.29, 0.717) is 17.0 Å². The van der Waals surface area contributed by atoms with Crippen LogP contribution in [-0.2, 0) is 9.53 Å². The van der Waals surface area contributed by atoms with Crippen LogP contribution in [0.4, 0.5) is 4.79 Å². The summed E-state index contributed by atoms with van der Waals surface area (Å²) in [5, 5.41) is 5.38. The number of benzene rings is 1. The third-order valence-corrected chi connectivity index (χ3v) is 4.04. The van der Waals surface area contributed by atoms with Crippen LogP contribution in [0.25, 0.3) is 0 Å². The van der Waals surface area contributed by atoms with E-state index in [1.54, 1.807) is 13.8 Å². The predicted molar refractivity (Wildman–Crippen MR) is 93.6 cm³/mol. The minimum Gasteiger partial charge on any atom is -0.490 e. The van der Waals surface area contributed by atoms with Crippen LogP contribution in [0.5, 0.6) is 5.75 Å². The van der Waals surface area contributed by atoms with E-state index < -0.39 is 12.0 Å². The molecule has 6 nitrogen and oxygen atoms in total. The second kappa shape index (κ2) is 7.70. The molecule has 0 aromatic heterocycles. The van der Waals surface area contributed by atoms with Gasteiger partial charge in [0.15, 0.2) is 0 Å². The molecule has 2 amide bonds. The number of hydrogen-bond donors (Lipinski definition) is 2. The van der Waals surface area contributed by atoms with E-state index in [-0.39, 0.29) is 18.7 Å². The van der Waals surface area contributed by atoms with Crippen molar-refractivity contribution >= 4 is 27.9 Å². The van der Waals surface area contributed by atoms with Crippen molar-refractivity contribution in [2.75, 3.05) is 6.61 Å². The van der Waals surface area contributed by atoms with Crippen molar-refractivity contribution in [2.45, 2.75) is 39.8 Å². The van der Waals surface area contributed by atoms with E-state index in [2.05, 4.69) is 26.6 Å². The van der Waals surface area contributed by atoms with Crippen LogP contribution in [-0.4, -0.2) is 24.7 Å². The van der Waals surface area contributed by atoms with Crippen LogP contribution in [0.1, 0.15) is 39.3 Å². The Morgan fingerprint density at radius 3 is 2.67 bits per heavy atom. The van der Waals surface area contributed by atoms with Gasteiger partial charge in [0, 0.05) is 5.70 Å². The fourth-order valence-electron chi connectivity index (χ4n) is 2.47. The standard InChI is InChI=1S/C17H21BrN2O4/c1-5-23-16(21)14-10(4)19-17(22)20-15(14)11-6-7-13(12(18)8-11)24-9(2)3/h6-9,15H,5H2,1-4H3,(H2,19,20,22). The van der Waals surface area contributed by atoms with Crippen molar-refractivity contribution < 1.29 is 19.1 Å². The molecule has 24 heavy (non-hydrogen) atoms. The molecule has 0 saturated carbocycles. The van der Waals surface area contributed by atoms with Crippen LogP contribution in [0.2, 0.25) is 0 Å². The van der Waals surface area contributed by atoms with Crippen molar-refractivity contribution in [3.63, 3.8) is 0 Å². The SMILES string of the molecule is CCOC(=O)C1=C(C)NC(=O)NC1c1ccc(OC(C)C)c(Br)c1. The minimum absolute atomic E-state index is 0.0444. The summed E-state index contributed by atoms with van der Waals surface area (Å²) < 4.78 is 11.6. The van der Waals surface area contributed by atoms with Crippen molar-refractivity contribution in [3.8, 4) is 5.75 Å². The van der Waals surface area contributed by atoms with Gasteiger partial charge >= 0.3 is 12.0 Å². The molecule has 7 heteroatoms. The normalized spacial score (nSPS) is 17.4. The third kappa shape index (κ3) is 4.08. The van der Waals surface area contributed by atoms with Crippen LogP contribution in [0.15, 0.2) is 33.9 Å². The van der Waals surface area contributed by atoms with Crippen LogP contribution < -0.4 is 15.4 Å². The lowest BCUT2D eigenvalue weighted by Crippen LogP contribution is -2.45. The average molecular weight is 397 g/mol. The Morgan fingerprint density at radius 2 is 2.08 bits per heavy atom. The van der Waals surface area contributed by atoms with Crippen LogP contribution in [0, 0.1) is 0 Å². The van der Waals surface area contributed by atoms with Crippen LogP contribution >= 0.6 is 15.9 Å². The quantitative estimate of drug-likeness (QED) is 0.747. The molecule has 2 N–H and O–H groups in total. The van der Waals surface area contributed by atoms with Crippen molar-refractivity contribution in [1.29, 1.82) is 0 Å². The van der Waals surface area contributed by atoms with Gasteiger partial charge in [0.1, 0.15) is 5.75 Å². The Bertz CT molecular complexity index is 685. The largest absolute Gasteiger partial charge is 0.490 e. The number of allylic oxidation sites excluding steroid dienone is 1. The van der Waals surface area contributed by atoms with Gasteiger partial charge in [-0.3, -0.25) is 0 Å². The van der Waals surface area contributed by atoms with Gasteiger partial charge in [-0.1, -0.05) is 6.07 Å². The molecule has 1 aromatic carbocycles. The fourth-order valence-corrected chi connectivity index (χ4v) is 2.96. The number of ether oxygens (including phenoxy) is 2. The Kier molecular flexibility index (Phi) is 5.88. The summed E-state index contributed by atoms with van der Waals surface area (Å²) in [5.41, 5.74) is 1.64. The van der Waals surface area contributed by atoms with Gasteiger partial charge in [-0.05, 0) is 61.3 Å². The molecule has 0 radical (unpaired) electrons. The highest BCUT2D eigenvalue weighted by Crippen LogP contribution is 2.33. The maximum atomic E-state index is 12.3. The number of halogens is 1. The lowest BCUT2D eigenvalue weighted by Gasteiger charge is -2.28. The Morgan fingerprint density at radius 1 is 1.38 bits per heavy atom. The lowest BCUT2D eigenvalue weighted by atomic mass is 9.95. The monoisotopic (exact) mass is 396 g/mol. The fraction of sp³-hybridized carbons (Fsp3) is 0.412. The number of nitrogens with one attached hydrogen (secondary N) is 2. The van der Waals surface area contributed by atoms with Gasteiger partial charge in [-0.15, -0.1) is 0 Å². The number of urea groups is 1. The highest BCUT2D eigenvalue weighted by molar-refractivity contribution is 9.10. The number of esters is 1. The summed E-state index contributed by atoms with van der Waals surface area (Å²) in [6, 6.07) is 4.53. The van der Waals surface area contributed by atoms with Gasteiger partial charge in [0.2, 0.25) is 0 Å². The van der Waals surface area contributed by atoms with Crippen molar-refractivity contribution in [2.24, 2.45) is 0 Å². The first-order valence-electron chi connectivity index (χ1n) is 7.75. The molecule has 1 atom stereocenters. The highest BCUT2D eigenvalue weighted by Gasteiger charge is 2.32. The zero-order valence-electron chi connectivity index (χ0n) is 14.1. The summed E-state index contributed by atoms with van der Waals surface area (Å²) in [7, 11) is 0. The van der Waals surface area contributed by atoms with Gasteiger partial charge < -0.3 is 20.1 Å². The van der Waals surface area contributed by atoms with E-state index in [1.807, 2.05) is 32.0 Å². The Labute approximate surface area is 149 Å². The molecule has 130 valence electrons. The van der Waals surface area contributed by atoms with E-state index in [9.17, 15) is 9.59 Å². The zero-order valence-corrected chi connectivity index (χ0v) is 15.7. The Hall–Kier alpha value is -2.02. The first-order valence-corrected chi connectivity index (χ1v) is 8.54. The molecule has 0 bridgehead atoms. The molecule has 0 fully saturated rings. The van der Waals surface area contributed by atoms with Gasteiger partial charge in [0.05, 0.1) is 28.8 Å². The molecule has 1 aliphatic rings. The summed E-state index contributed by atoms with van der Waals surface area (Å²) in [4.78, 5) is 24.1. The molecular weight excluding hydrogens is 376 g/mol. The smallest absolute Gasteiger partial charge is 0.338 e. The summed E-state index contributed by atoms with van der Waals surface area (Å²) >= 11 is 3.47. The average Bonchev–Trinajstić information content (AvgIpc) is 2.48. The lowest BCUT2D eigenvalue weighted by molar-refractivity contribution is -0.139. The first-order chi connectivity index (χ1) is 11.3. The van der Waals surface area contributed by atoms with Crippen molar-refractivity contribution in [3.05, 3.63) is 39.5 Å². The minimum atomic E-state index is -0.581. The molecule has 1 aliphatic heterocycles.